The van der Waals surface area contributed by atoms with Gasteiger partial charge >= 0.3 is 5.97 Å². The highest BCUT2D eigenvalue weighted by Crippen LogP contribution is 2.55. The molecule has 32 heteroatoms. The Kier molecular flexibility index (Phi) is 17.8. The van der Waals surface area contributed by atoms with Crippen molar-refractivity contribution >= 4 is 113 Å². The summed E-state index contributed by atoms with van der Waals surface area (Å²) in [6.45, 7) is 4.89. The molecule has 4 aliphatic rings. The van der Waals surface area contributed by atoms with Crippen LogP contribution < -0.4 is 4.90 Å². The third-order valence-electron chi connectivity index (χ3n) is 15.1. The number of carbonyl (C=O) groups excluding carboxylic acids is 4. The molecule has 2 unspecified atom stereocenters. The lowest BCUT2D eigenvalue weighted by molar-refractivity contribution is -0.438. The van der Waals surface area contributed by atoms with Crippen LogP contribution in [0.4, 0.5) is 11.4 Å². The summed E-state index contributed by atoms with van der Waals surface area (Å²) < 4.78 is 206. The zero-order chi connectivity index (χ0) is 61.9. The van der Waals surface area contributed by atoms with Crippen LogP contribution in [0.3, 0.4) is 0 Å². The Bertz CT molecular complexity index is 4200. The average molecular weight is 1260 g/mol. The Morgan fingerprint density at radius 3 is 1.75 bits per heavy atom. The molecule has 2 atom stereocenters. The number of benzene rings is 4. The van der Waals surface area contributed by atoms with Gasteiger partial charge in [0.25, 0.3) is 11.8 Å². The highest BCUT2D eigenvalue weighted by Gasteiger charge is 2.52. The molecule has 84 heavy (non-hydrogen) atoms. The van der Waals surface area contributed by atoms with Crippen molar-refractivity contribution in [2.75, 3.05) is 63.9 Å². The monoisotopic (exact) mass is 1260 g/mol. The van der Waals surface area contributed by atoms with Crippen LogP contribution in [0, 0.1) is 0 Å². The molecule has 454 valence electrons. The maximum Gasteiger partial charge on any atom is 0.333 e. The van der Waals surface area contributed by atoms with Crippen molar-refractivity contribution < 1.29 is 113 Å². The van der Waals surface area contributed by atoms with Crippen LogP contribution in [0.15, 0.2) is 103 Å². The molecule has 0 saturated carbocycles. The van der Waals surface area contributed by atoms with E-state index in [1.54, 1.807) is 18.7 Å². The number of ether oxygens (including phenoxy) is 3. The molecule has 1 aliphatic carbocycles. The standard InChI is InChI=1S/C52H57N3O24S5/c1-5-53-38-11-9-32-34(24-30(81(64,65)66)26-40(32)83(70,71)72)47(38)51(2,15-7-23-80(61,62)63)42(53)28-36-49(59)37(50(36)60)29-43-52(3,16-18-77-21-22-78-20-19-76-4)48-35-25-31(82(67,68)69)27-41(84(73,74)75)33(35)10-12-39(48)54(43)17-6-8-46(58)79-55-44(56)13-14-45(55)57/h9-12,24-29H,5-8,13-23H2,1-4H3,(H5-,59,60,61,62,63,64,65,66,67,68,69,70,71,72,73,74,75)/p-4. The highest BCUT2D eigenvalue weighted by molar-refractivity contribution is 7.87. The van der Waals surface area contributed by atoms with Crippen molar-refractivity contribution in [1.29, 1.82) is 0 Å². The summed E-state index contributed by atoms with van der Waals surface area (Å²) in [6.07, 6.45) is 0.637. The molecule has 8 rings (SSSR count). The number of aliphatic hydroxyl groups excluding tert-OH is 1. The number of rotatable bonds is 25. The SMILES string of the molecule is CCN1/C(=C/C2=C(O)C(=C/C3=[N+](CCCC(=O)ON4C(=O)CCC4=O)c4ccc5c(S(=O)(=O)[O-])cc(S(=O)(=O)[O-])cc5c4C3(C)CCOCCOCCOC)/C2=O)C(C)(CCCS(=O)(=O)[O-])c2c1ccc1c(S(=O)(=O)[O-])cc(S(=O)(=O)[O-])cc21. The first-order valence-electron chi connectivity index (χ1n) is 25.6. The quantitative estimate of drug-likeness (QED) is 0.0328. The van der Waals surface area contributed by atoms with Gasteiger partial charge < -0.3 is 51.8 Å². The molecule has 3 aliphatic heterocycles. The minimum Gasteiger partial charge on any atom is -0.748 e. The number of hydrogen-bond acceptors (Lipinski definition) is 25. The summed E-state index contributed by atoms with van der Waals surface area (Å²) in [6, 6.07) is 7.67. The minimum atomic E-state index is -5.53. The lowest BCUT2D eigenvalue weighted by Gasteiger charge is -2.32. The van der Waals surface area contributed by atoms with E-state index in [0.717, 1.165) is 12.1 Å². The summed E-state index contributed by atoms with van der Waals surface area (Å²) in [5, 5.41) is 11.4. The zero-order valence-corrected chi connectivity index (χ0v) is 49.2. The van der Waals surface area contributed by atoms with Gasteiger partial charge in [0.2, 0.25) is 11.5 Å². The number of allylic oxidation sites excluding steroid dienone is 5. The maximum absolute atomic E-state index is 14.9. The molecular formula is C52H53N3O24S5-4. The van der Waals surface area contributed by atoms with Crippen molar-refractivity contribution in [1.82, 2.24) is 5.06 Å². The van der Waals surface area contributed by atoms with Gasteiger partial charge in [-0.15, -0.1) is 5.06 Å². The van der Waals surface area contributed by atoms with Crippen molar-refractivity contribution in [3.63, 3.8) is 0 Å². The van der Waals surface area contributed by atoms with E-state index in [4.69, 9.17) is 19.0 Å². The van der Waals surface area contributed by atoms with Crippen LogP contribution in [0.25, 0.3) is 21.5 Å². The van der Waals surface area contributed by atoms with Gasteiger partial charge in [0.1, 0.15) is 52.8 Å². The zero-order valence-electron chi connectivity index (χ0n) is 45.1. The van der Waals surface area contributed by atoms with Crippen molar-refractivity contribution in [3.05, 3.63) is 94.4 Å². The number of amides is 2. The van der Waals surface area contributed by atoms with Crippen LogP contribution in [-0.4, -0.2) is 168 Å². The summed E-state index contributed by atoms with van der Waals surface area (Å²) in [5.74, 6) is -5.02. The van der Waals surface area contributed by atoms with Crippen LogP contribution in [0.2, 0.25) is 0 Å². The summed E-state index contributed by atoms with van der Waals surface area (Å²) in [7, 11) is -25.4. The fraction of sp³-hybridized carbons (Fsp3) is 0.404. The Hall–Kier alpha value is -6.40. The van der Waals surface area contributed by atoms with Gasteiger partial charge in [-0.3, -0.25) is 14.4 Å². The Labute approximate surface area is 482 Å². The number of methoxy groups -OCH3 is 1. The van der Waals surface area contributed by atoms with E-state index in [2.05, 4.69) is 0 Å². The number of Topliss-reactive ketones (excluding diaryl/α,β-unsaturated/α-hetero) is 1. The van der Waals surface area contributed by atoms with E-state index in [-0.39, 0.29) is 134 Å². The molecule has 4 aromatic carbocycles. The van der Waals surface area contributed by atoms with E-state index in [9.17, 15) is 89.1 Å². The number of nitrogens with zero attached hydrogens (tertiary/aromatic N) is 3. The third-order valence-corrected chi connectivity index (χ3v) is 19.2. The second-order valence-corrected chi connectivity index (χ2v) is 27.4. The molecule has 1 fully saturated rings. The number of anilines is 1. The molecule has 2 amide bonds. The number of likely N-dealkylation sites (N-methyl/N-ethyl adjacent to an activating group) is 1. The Balaban J connectivity index is 1.32. The molecule has 4 aromatic rings. The number of hydrogen-bond donors (Lipinski definition) is 1. The van der Waals surface area contributed by atoms with E-state index < -0.39 is 140 Å². The minimum absolute atomic E-state index is 0.00151. The lowest BCUT2D eigenvalue weighted by atomic mass is 9.72. The molecule has 1 saturated heterocycles. The summed E-state index contributed by atoms with van der Waals surface area (Å²) in [4.78, 5) is 54.9. The van der Waals surface area contributed by atoms with Gasteiger partial charge in [0, 0.05) is 85.2 Å². The number of carbonyl (C=O) groups is 4. The largest absolute Gasteiger partial charge is 0.748 e. The highest BCUT2D eigenvalue weighted by atomic mass is 32.2. The molecule has 0 radical (unpaired) electrons. The number of hydroxylamine groups is 2. The predicted molar refractivity (Wildman–Crippen MR) is 286 cm³/mol. The van der Waals surface area contributed by atoms with Crippen molar-refractivity contribution in [3.8, 4) is 0 Å². The topological polar surface area (TPSA) is 421 Å². The van der Waals surface area contributed by atoms with Gasteiger partial charge in [0.15, 0.2) is 5.71 Å². The maximum atomic E-state index is 14.9. The number of imide groups is 1. The molecule has 0 bridgehead atoms. The normalized spacial score (nSPS) is 20.6. The Morgan fingerprint density at radius 1 is 0.679 bits per heavy atom. The molecular weight excluding hydrogens is 1210 g/mol. The van der Waals surface area contributed by atoms with E-state index in [1.807, 2.05) is 0 Å². The van der Waals surface area contributed by atoms with E-state index >= 15 is 0 Å². The molecule has 1 N–H and O–H groups in total. The fourth-order valence-corrected chi connectivity index (χ4v) is 14.4. The summed E-state index contributed by atoms with van der Waals surface area (Å²) >= 11 is 0. The van der Waals surface area contributed by atoms with Crippen LogP contribution in [0.1, 0.15) is 76.8 Å². The van der Waals surface area contributed by atoms with E-state index in [0.29, 0.717) is 17.2 Å². The second-order valence-electron chi connectivity index (χ2n) is 20.4. The van der Waals surface area contributed by atoms with Crippen LogP contribution in [-0.2, 0) is 99.6 Å². The van der Waals surface area contributed by atoms with Gasteiger partial charge in [-0.05, 0) is 104 Å². The molecule has 0 aromatic heterocycles. The van der Waals surface area contributed by atoms with Crippen LogP contribution >= 0.6 is 0 Å². The molecule has 0 spiro atoms. The van der Waals surface area contributed by atoms with E-state index in [1.165, 1.54) is 55.0 Å². The van der Waals surface area contributed by atoms with Gasteiger partial charge in [-0.25, -0.2) is 46.9 Å². The summed E-state index contributed by atoms with van der Waals surface area (Å²) in [5.41, 5.74) is -3.34. The van der Waals surface area contributed by atoms with Gasteiger partial charge in [-0.2, -0.15) is 4.58 Å². The van der Waals surface area contributed by atoms with Crippen molar-refractivity contribution in [2.24, 2.45) is 0 Å². The third kappa shape index (κ3) is 12.5. The smallest absolute Gasteiger partial charge is 0.333 e. The molecule has 27 nitrogen and oxygen atoms in total. The lowest BCUT2D eigenvalue weighted by Crippen LogP contribution is -2.35. The first-order valence-corrected chi connectivity index (χ1v) is 32.8. The fourth-order valence-electron chi connectivity index (χ4n) is 11.2. The van der Waals surface area contributed by atoms with Crippen LogP contribution in [0.5, 0.6) is 0 Å². The first-order chi connectivity index (χ1) is 39.1. The van der Waals surface area contributed by atoms with Gasteiger partial charge in [0.05, 0.1) is 79.1 Å². The second kappa shape index (κ2) is 23.5. The average Bonchev–Trinajstić information content (AvgIpc) is 1.60. The number of ketones is 1. The predicted octanol–water partition coefficient (Wildman–Crippen LogP) is 2.75. The number of aliphatic hydroxyl groups is 1. The number of fused-ring (bicyclic) bond motifs is 6. The first kappa shape index (κ1) is 63.6. The van der Waals surface area contributed by atoms with Gasteiger partial charge in [-0.1, -0.05) is 6.07 Å². The Morgan fingerprint density at radius 2 is 1.23 bits per heavy atom. The molecule has 3 heterocycles. The van der Waals surface area contributed by atoms with Crippen molar-refractivity contribution in [2.45, 2.75) is 96.1 Å².